The third-order valence-corrected chi connectivity index (χ3v) is 20.4. The maximum Gasteiger partial charge on any atom is 0.524 e. The van der Waals surface area contributed by atoms with Crippen LogP contribution in [-0.4, -0.2) is 194 Å². The van der Waals surface area contributed by atoms with Gasteiger partial charge in [0.15, 0.2) is 0 Å². The van der Waals surface area contributed by atoms with Crippen LogP contribution in [0.25, 0.3) is 11.3 Å². The first-order chi connectivity index (χ1) is 51.3. The van der Waals surface area contributed by atoms with Crippen molar-refractivity contribution in [1.29, 1.82) is 0 Å². The molecule has 39 heteroatoms. The van der Waals surface area contributed by atoms with E-state index in [-0.39, 0.29) is 39.8 Å². The molecule has 28 nitrogen and oxygen atoms in total. The normalized spacial score (nSPS) is 18.8. The summed E-state index contributed by atoms with van der Waals surface area (Å²) in [5, 5.41) is 22.2. The van der Waals surface area contributed by atoms with Gasteiger partial charge >= 0.3 is 50.8 Å². The highest BCUT2D eigenvalue weighted by molar-refractivity contribution is 7.46. The molecule has 1 saturated carbocycles. The molecule has 4 fully saturated rings. The summed E-state index contributed by atoms with van der Waals surface area (Å²) in [4.78, 5) is 131. The molecule has 6 atom stereocenters. The van der Waals surface area contributed by atoms with Crippen molar-refractivity contribution >= 4 is 55.6 Å². The van der Waals surface area contributed by atoms with Crippen LogP contribution in [0.5, 0.6) is 5.75 Å². The minimum absolute atomic E-state index is 0.0369. The summed E-state index contributed by atoms with van der Waals surface area (Å²) in [6, 6.07) is 3.20. The molecule has 110 heavy (non-hydrogen) atoms. The van der Waals surface area contributed by atoms with E-state index < -0.39 is 188 Å². The van der Waals surface area contributed by atoms with E-state index in [2.05, 4.69) is 62.2 Å². The Hall–Kier alpha value is -9.67. The first kappa shape index (κ1) is 84.4. The van der Waals surface area contributed by atoms with E-state index in [1.54, 1.807) is 5.32 Å². The van der Waals surface area contributed by atoms with Gasteiger partial charge in [-0.2, -0.15) is 40.2 Å². The molecule has 2 aromatic heterocycles. The van der Waals surface area contributed by atoms with Crippen LogP contribution in [0, 0.1) is 47.1 Å². The first-order valence-electron chi connectivity index (χ1n) is 34.5. The fraction of sp³-hybridized carbons (Fsp3) is 0.521. The number of ether oxygens (including phenoxy) is 4. The fourth-order valence-corrected chi connectivity index (χ4v) is 14.0. The van der Waals surface area contributed by atoms with E-state index in [9.17, 15) is 52.2 Å². The maximum absolute atomic E-state index is 16.9. The molecule has 598 valence electrons. The molecule has 2 unspecified atom stereocenters. The van der Waals surface area contributed by atoms with Gasteiger partial charge in [0, 0.05) is 84.0 Å². The number of amides is 5. The molecule has 3 saturated heterocycles. The van der Waals surface area contributed by atoms with Crippen molar-refractivity contribution in [2.45, 2.75) is 173 Å². The Morgan fingerprint density at radius 1 is 0.764 bits per heavy atom. The Labute approximate surface area is 624 Å². The number of halogens is 10. The van der Waals surface area contributed by atoms with Gasteiger partial charge < -0.3 is 54.7 Å². The monoisotopic (exact) mass is 1580 g/mol. The number of carbonyl (C=O) groups excluding carboxylic acids is 6. The molecule has 4 aliphatic rings. The number of phosphoric ester groups is 1. The smallest absolute Gasteiger partial charge is 0.481 e. The highest BCUT2D eigenvalue weighted by Gasteiger charge is 2.58. The number of nitrogens with one attached hydrogen (secondary N) is 5. The summed E-state index contributed by atoms with van der Waals surface area (Å²) in [5.41, 5.74) is -7.59. The molecule has 5 aromatic rings. The number of esters is 1. The van der Waals surface area contributed by atoms with Gasteiger partial charge in [0.05, 0.1) is 86.9 Å². The lowest BCUT2D eigenvalue weighted by atomic mass is 9.77. The van der Waals surface area contributed by atoms with Crippen LogP contribution in [0.15, 0.2) is 73.2 Å². The maximum atomic E-state index is 16.9. The third-order valence-electron chi connectivity index (χ3n) is 19.9. The van der Waals surface area contributed by atoms with Gasteiger partial charge in [-0.1, -0.05) is 43.9 Å². The highest BCUT2D eigenvalue weighted by Crippen LogP contribution is 2.47. The number of hydrogen-bond donors (Lipinski definition) is 8. The number of carbonyl (C=O) groups is 7. The Balaban J connectivity index is 1.16. The van der Waals surface area contributed by atoms with Crippen molar-refractivity contribution in [3.63, 3.8) is 0 Å². The van der Waals surface area contributed by atoms with Crippen molar-refractivity contribution in [3.8, 4) is 28.8 Å². The molecule has 0 spiro atoms. The predicted molar refractivity (Wildman–Crippen MR) is 369 cm³/mol. The molecule has 9 rings (SSSR count). The average Bonchev–Trinajstić information content (AvgIpc) is 1.19. The molecular formula is C71H83F10N12O16P. The summed E-state index contributed by atoms with van der Waals surface area (Å²) in [7, 11) is -4.07. The van der Waals surface area contributed by atoms with Crippen molar-refractivity contribution < 1.29 is 120 Å². The van der Waals surface area contributed by atoms with Crippen molar-refractivity contribution in [1.82, 2.24) is 56.4 Å². The Kier molecular flexibility index (Phi) is 26.0. The van der Waals surface area contributed by atoms with Crippen LogP contribution in [0.1, 0.15) is 119 Å². The number of alkyl carbamates (subject to hydrolysis) is 2. The summed E-state index contributed by atoms with van der Waals surface area (Å²) < 4.78 is 191. The summed E-state index contributed by atoms with van der Waals surface area (Å²) in [6.07, 6.45) is -12.7. The number of aryl methyl sites for hydroxylation is 1. The topological polar surface area (TPSA) is 357 Å². The second-order valence-corrected chi connectivity index (χ2v) is 30.4. The molecule has 1 aliphatic carbocycles. The number of aliphatic carboxylic acids is 1. The Morgan fingerprint density at radius 3 is 1.84 bits per heavy atom. The number of anilines is 1. The second-order valence-electron chi connectivity index (χ2n) is 29.2. The zero-order chi connectivity index (χ0) is 80.9. The lowest BCUT2D eigenvalue weighted by molar-refractivity contribution is -0.221. The number of nitrogens with zero attached hydrogens (tertiary/aromatic N) is 7. The number of carboxylic acids is 1. The SMILES string of the molecule is COC(=O)N[C@H](C(=O)N[C@@H](Cc1ccc(C#Cc2cnc(N3CC4CCC(C3)N4C3COC3)nc2)cc1)[C@H](CN(Cc1c(F)cc(-c2ccn(C(F)F)n2)cc1F)NC(=O)[C@@H](NC(=O)OC)C(C)(C)C(F)(F)F)OC(=O)CC(C)(C)c1c(CC(=O)NC2CC(C(=O)O)C2)cc(C)cc1OP(=O)(O)O)C(C)(C)C(F)(F)F. The van der Waals surface area contributed by atoms with E-state index in [0.29, 0.717) is 106 Å². The van der Waals surface area contributed by atoms with Crippen LogP contribution in [0.3, 0.4) is 0 Å². The number of methoxy groups -OCH3 is 2. The number of hydrazine groups is 1. The second kappa shape index (κ2) is 33.9. The van der Waals surface area contributed by atoms with Gasteiger partial charge in [-0.3, -0.25) is 44.1 Å². The van der Waals surface area contributed by atoms with Crippen molar-refractivity contribution in [2.24, 2.45) is 16.7 Å². The summed E-state index contributed by atoms with van der Waals surface area (Å²) in [5.74, 6) is -4.92. The number of hydrogen-bond acceptors (Lipinski definition) is 19. The van der Waals surface area contributed by atoms with E-state index in [4.69, 9.17) is 14.0 Å². The quantitative estimate of drug-likeness (QED) is 0.00558. The third kappa shape index (κ3) is 20.5. The number of benzene rings is 3. The van der Waals surface area contributed by atoms with Gasteiger partial charge in [-0.25, -0.2) is 42.6 Å². The first-order valence-corrected chi connectivity index (χ1v) is 36.0. The zero-order valence-electron chi connectivity index (χ0n) is 60.9. The van der Waals surface area contributed by atoms with Gasteiger partial charge in [0.25, 0.3) is 5.91 Å². The predicted octanol–water partition coefficient (Wildman–Crippen LogP) is 8.23. The highest BCUT2D eigenvalue weighted by atomic mass is 31.2. The molecule has 3 aromatic carbocycles. The van der Waals surface area contributed by atoms with Crippen molar-refractivity contribution in [3.05, 3.63) is 124 Å². The summed E-state index contributed by atoms with van der Waals surface area (Å²) in [6.45, 7) is 2.88. The van der Waals surface area contributed by atoms with E-state index in [0.717, 1.165) is 45.4 Å². The number of phosphoric acid groups is 1. The fourth-order valence-electron chi connectivity index (χ4n) is 13.6. The molecule has 5 heterocycles. The standard InChI is InChI=1S/C71H83F10N12O16P/c1-37-20-42(27-55(94)84-44-23-43(24-44)62(98)99)57(53(21-37)109-110(102,103)104)67(2,3)28-56(95)108-54(34-91(89-61(97)59(87-66(101)106-9)69(6,7)71(79,80)81)33-48-49(72)25-41(26-50(48)73)51-18-19-92(88-51)63(74)75)52(85-60(96)58(86-65(100)105-8)68(4,5)70(76,77)78)22-39-13-10-38(11-14-39)12-15-40-29-82-64(83-30-40)90-31-45-16-17-46(32-90)93(45)47-35-107-36-47/h10-11,13-14,18-21,25-26,29-30,43-47,52,54,58-59,63H,16-17,22-24,27-28,31-36H2,1-9H3,(H,84,94)(H,85,96)(H,86,100)(H,87,101)(H,89,97)(H,98,99)(H2,102,103,104)/t43?,44?,45?,46?,52-,54-,58+,59+/m0/s1. The molecule has 5 amide bonds. The molecule has 2 bridgehead atoms. The van der Waals surface area contributed by atoms with Crippen LogP contribution in [-0.2, 0) is 72.3 Å². The largest absolute Gasteiger partial charge is 0.524 e. The van der Waals surface area contributed by atoms with Gasteiger partial charge in [-0.15, -0.1) is 0 Å². The number of rotatable bonds is 29. The number of alkyl halides is 8. The van der Waals surface area contributed by atoms with Crippen LogP contribution in [0.2, 0.25) is 0 Å². The average molecular weight is 1580 g/mol. The number of piperazine rings is 1. The van der Waals surface area contributed by atoms with Crippen LogP contribution >= 0.6 is 7.82 Å². The van der Waals surface area contributed by atoms with Gasteiger partial charge in [-0.05, 0) is 120 Å². The molecule has 0 radical (unpaired) electrons. The lowest BCUT2D eigenvalue weighted by Crippen LogP contribution is -2.64. The van der Waals surface area contributed by atoms with Gasteiger partial charge in [0.1, 0.15) is 35.6 Å². The van der Waals surface area contributed by atoms with Crippen LogP contribution in [0.4, 0.5) is 59.4 Å². The zero-order valence-corrected chi connectivity index (χ0v) is 61.8. The number of carboxylic acid groups (broad SMARTS) is 1. The van der Waals surface area contributed by atoms with Crippen molar-refractivity contribution in [2.75, 3.05) is 52.0 Å². The number of fused-ring (bicyclic) bond motifs is 2. The summed E-state index contributed by atoms with van der Waals surface area (Å²) >= 11 is 0. The van der Waals surface area contributed by atoms with E-state index in [1.165, 1.54) is 63.5 Å². The molecule has 3 aliphatic heterocycles. The molecular weight excluding hydrogens is 1500 g/mol. The minimum Gasteiger partial charge on any atom is -0.481 e. The van der Waals surface area contributed by atoms with Crippen LogP contribution < -0.4 is 36.1 Å². The van der Waals surface area contributed by atoms with Gasteiger partial charge in [0.2, 0.25) is 17.8 Å². The van der Waals surface area contributed by atoms with E-state index >= 15 is 44.7 Å². The Bertz CT molecular complexity index is 4300. The van der Waals surface area contributed by atoms with E-state index in [1.807, 2.05) is 5.32 Å². The number of aromatic nitrogens is 4. The lowest BCUT2D eigenvalue weighted by Gasteiger charge is -2.47. The Morgan fingerprint density at radius 2 is 1.33 bits per heavy atom. The molecule has 8 N–H and O–H groups in total. The minimum atomic E-state index is -5.56.